The number of unbranched alkanes of at least 4 members (excludes halogenated alkanes) is 22. The zero-order valence-electron chi connectivity index (χ0n) is 39.3. The fourth-order valence-electron chi connectivity index (χ4n) is 7.32. The van der Waals surface area contributed by atoms with Crippen molar-refractivity contribution in [3.63, 3.8) is 0 Å². The van der Waals surface area contributed by atoms with Crippen LogP contribution in [0.15, 0.2) is 60.8 Å². The highest BCUT2D eigenvalue weighted by Gasteiger charge is 2.51. The molecule has 6 atom stereocenters. The summed E-state index contributed by atoms with van der Waals surface area (Å²) in [5.74, 6) is -1.18. The van der Waals surface area contributed by atoms with E-state index in [-0.39, 0.29) is 12.8 Å². The molecule has 0 radical (unpaired) electrons. The zero-order valence-corrected chi connectivity index (χ0v) is 40.2. The van der Waals surface area contributed by atoms with E-state index in [2.05, 4.69) is 19.9 Å². The Morgan fingerprint density at radius 2 is 0.891 bits per heavy atom. The van der Waals surface area contributed by atoms with Gasteiger partial charge in [-0.25, -0.2) is 4.57 Å². The van der Waals surface area contributed by atoms with Crippen LogP contribution in [0.3, 0.4) is 0 Å². The average Bonchev–Trinajstić information content (AvgIpc) is 3.28. The molecule has 0 aromatic carbocycles. The molecule has 0 saturated heterocycles. The van der Waals surface area contributed by atoms with Crippen molar-refractivity contribution >= 4 is 19.8 Å². The normalized spacial score (nSPS) is 22.1. The molecule has 1 aliphatic rings. The van der Waals surface area contributed by atoms with Crippen molar-refractivity contribution in [2.24, 2.45) is 0 Å². The summed E-state index contributed by atoms with van der Waals surface area (Å²) < 4.78 is 33.5. The first-order chi connectivity index (χ1) is 30.9. The molecule has 0 heterocycles. The molecule has 6 unspecified atom stereocenters. The smallest absolute Gasteiger partial charge is 0.462 e. The summed E-state index contributed by atoms with van der Waals surface area (Å²) >= 11 is 0. The predicted molar refractivity (Wildman–Crippen MR) is 253 cm³/mol. The number of phosphoric acid groups is 1. The van der Waals surface area contributed by atoms with Crippen LogP contribution in [0, 0.1) is 0 Å². The van der Waals surface area contributed by atoms with E-state index >= 15 is 0 Å². The third-order valence-electron chi connectivity index (χ3n) is 11.3. The first-order valence-corrected chi connectivity index (χ1v) is 26.2. The summed E-state index contributed by atoms with van der Waals surface area (Å²) in [6.07, 6.45) is 35.9. The molecule has 1 aliphatic carbocycles. The summed E-state index contributed by atoms with van der Waals surface area (Å²) in [7, 11) is -5.14. The van der Waals surface area contributed by atoms with Crippen molar-refractivity contribution < 1.29 is 63.1 Å². The second-order valence-corrected chi connectivity index (χ2v) is 18.5. The zero-order chi connectivity index (χ0) is 47.1. The van der Waals surface area contributed by atoms with Crippen LogP contribution >= 0.6 is 7.82 Å². The Hall–Kier alpha value is -2.45. The lowest BCUT2D eigenvalue weighted by molar-refractivity contribution is -0.220. The van der Waals surface area contributed by atoms with Gasteiger partial charge in [-0.3, -0.25) is 18.6 Å². The quantitative estimate of drug-likeness (QED) is 0.0146. The maximum absolute atomic E-state index is 12.8. The predicted octanol–water partition coefficient (Wildman–Crippen LogP) is 10.1. The number of aliphatic hydroxyl groups excluding tert-OH is 5. The standard InChI is InChI=1S/C50H87O13P/c1-3-5-7-9-11-13-15-17-18-19-20-21-22-23-24-25-27-28-30-32-34-36-38-43(51)60-40-42(41-61-64(58,59)63-50-48(56)46(54)45(53)47(55)49(50)57)62-44(52)39-37-35-33-31-29-26-16-14-12-10-8-6-4-2/h6,8,10,12,14,16,26,29,31,33,42,45-50,53-57H,3-5,7,9,11,13,15,17-25,27-28,30,32,34-41H2,1-2H3,(H,58,59). The summed E-state index contributed by atoms with van der Waals surface area (Å²) in [4.78, 5) is 35.7. The lowest BCUT2D eigenvalue weighted by Gasteiger charge is -2.41. The molecule has 1 rings (SSSR count). The number of hydrogen-bond acceptors (Lipinski definition) is 12. The number of esters is 2. The van der Waals surface area contributed by atoms with Gasteiger partial charge < -0.3 is 39.9 Å². The van der Waals surface area contributed by atoms with Gasteiger partial charge in [0.25, 0.3) is 0 Å². The molecule has 1 saturated carbocycles. The number of allylic oxidation sites excluding steroid dienone is 10. The Morgan fingerprint density at radius 3 is 1.34 bits per heavy atom. The Balaban J connectivity index is 2.40. The molecule has 0 bridgehead atoms. The second kappa shape index (κ2) is 39.7. The van der Waals surface area contributed by atoms with E-state index in [4.69, 9.17) is 18.5 Å². The third kappa shape index (κ3) is 31.5. The van der Waals surface area contributed by atoms with E-state index in [0.29, 0.717) is 19.3 Å². The number of ether oxygens (including phenoxy) is 2. The Labute approximate surface area is 385 Å². The molecule has 6 N–H and O–H groups in total. The van der Waals surface area contributed by atoms with Crippen molar-refractivity contribution in [2.75, 3.05) is 13.2 Å². The van der Waals surface area contributed by atoms with Crippen LogP contribution in [-0.4, -0.2) is 98.3 Å². The molecule has 370 valence electrons. The average molecular weight is 927 g/mol. The van der Waals surface area contributed by atoms with Gasteiger partial charge in [-0.15, -0.1) is 0 Å². The fraction of sp³-hybridized carbons (Fsp3) is 0.760. The highest BCUT2D eigenvalue weighted by Crippen LogP contribution is 2.47. The van der Waals surface area contributed by atoms with E-state index in [9.17, 15) is 44.6 Å². The summed E-state index contributed by atoms with van der Waals surface area (Å²) in [6.45, 7) is 3.11. The molecule has 64 heavy (non-hydrogen) atoms. The highest BCUT2D eigenvalue weighted by molar-refractivity contribution is 7.47. The van der Waals surface area contributed by atoms with Gasteiger partial charge in [0.05, 0.1) is 6.61 Å². The molecule has 13 nitrogen and oxygen atoms in total. The van der Waals surface area contributed by atoms with Crippen molar-refractivity contribution in [1.82, 2.24) is 0 Å². The van der Waals surface area contributed by atoms with Crippen molar-refractivity contribution in [3.8, 4) is 0 Å². The van der Waals surface area contributed by atoms with Gasteiger partial charge >= 0.3 is 19.8 Å². The van der Waals surface area contributed by atoms with Crippen LogP contribution in [0.25, 0.3) is 0 Å². The lowest BCUT2D eigenvalue weighted by atomic mass is 9.85. The minimum Gasteiger partial charge on any atom is -0.462 e. The summed E-state index contributed by atoms with van der Waals surface area (Å²) in [5.41, 5.74) is 0. The topological polar surface area (TPSA) is 210 Å². The minimum absolute atomic E-state index is 0.000199. The molecular formula is C50H87O13P. The molecule has 1 fully saturated rings. The Morgan fingerprint density at radius 1 is 0.500 bits per heavy atom. The summed E-state index contributed by atoms with van der Waals surface area (Å²) in [5, 5.41) is 50.2. The SMILES string of the molecule is CCC=CC=CC=CC=CC=CCCCC(=O)OC(COC(=O)CCCCCCCCCCCCCCCCCCCCCCCC)COP(=O)(O)OC1C(O)C(O)C(O)C(O)C1O. The molecule has 0 amide bonds. The van der Waals surface area contributed by atoms with Crippen molar-refractivity contribution in [1.29, 1.82) is 0 Å². The third-order valence-corrected chi connectivity index (χ3v) is 12.2. The molecule has 0 aromatic rings. The van der Waals surface area contributed by atoms with Gasteiger partial charge in [-0.05, 0) is 25.7 Å². The number of rotatable bonds is 40. The first kappa shape index (κ1) is 59.6. The number of carbonyl (C=O) groups is 2. The molecule has 0 aromatic heterocycles. The summed E-state index contributed by atoms with van der Waals surface area (Å²) in [6, 6.07) is 0. The van der Waals surface area contributed by atoms with Gasteiger partial charge in [0.1, 0.15) is 43.2 Å². The van der Waals surface area contributed by atoms with Crippen molar-refractivity contribution in [2.45, 2.75) is 230 Å². The van der Waals surface area contributed by atoms with Gasteiger partial charge in [0.15, 0.2) is 6.10 Å². The van der Waals surface area contributed by atoms with Crippen LogP contribution in [0.1, 0.15) is 187 Å². The number of hydrogen-bond donors (Lipinski definition) is 6. The van der Waals surface area contributed by atoms with E-state index in [0.717, 1.165) is 25.7 Å². The maximum Gasteiger partial charge on any atom is 0.472 e. The molecule has 14 heteroatoms. The number of aliphatic hydroxyl groups is 5. The van der Waals surface area contributed by atoms with E-state index in [1.165, 1.54) is 116 Å². The van der Waals surface area contributed by atoms with E-state index in [1.54, 1.807) is 0 Å². The first-order valence-electron chi connectivity index (χ1n) is 24.7. The fourth-order valence-corrected chi connectivity index (χ4v) is 8.29. The van der Waals surface area contributed by atoms with E-state index in [1.807, 2.05) is 54.7 Å². The largest absolute Gasteiger partial charge is 0.472 e. The Kier molecular flexibility index (Phi) is 36.9. The molecular weight excluding hydrogens is 840 g/mol. The van der Waals surface area contributed by atoms with Gasteiger partial charge in [0.2, 0.25) is 0 Å². The van der Waals surface area contributed by atoms with E-state index < -0.39 is 75.7 Å². The van der Waals surface area contributed by atoms with Gasteiger partial charge in [-0.2, -0.15) is 0 Å². The van der Waals surface area contributed by atoms with Gasteiger partial charge in [-0.1, -0.05) is 209 Å². The van der Waals surface area contributed by atoms with Crippen LogP contribution < -0.4 is 0 Å². The van der Waals surface area contributed by atoms with Gasteiger partial charge in [0, 0.05) is 12.8 Å². The second-order valence-electron chi connectivity index (χ2n) is 17.1. The van der Waals surface area contributed by atoms with Crippen LogP contribution in [0.5, 0.6) is 0 Å². The lowest BCUT2D eigenvalue weighted by Crippen LogP contribution is -2.64. The monoisotopic (exact) mass is 927 g/mol. The Bertz CT molecular complexity index is 1350. The maximum atomic E-state index is 12.8. The van der Waals surface area contributed by atoms with Crippen LogP contribution in [0.2, 0.25) is 0 Å². The molecule has 0 aliphatic heterocycles. The van der Waals surface area contributed by atoms with Crippen molar-refractivity contribution in [3.05, 3.63) is 60.8 Å². The van der Waals surface area contributed by atoms with Crippen LogP contribution in [0.4, 0.5) is 0 Å². The number of carbonyl (C=O) groups excluding carboxylic acids is 2. The minimum atomic E-state index is -5.14. The number of phosphoric ester groups is 1. The highest BCUT2D eigenvalue weighted by atomic mass is 31.2. The van der Waals surface area contributed by atoms with Crippen LogP contribution in [-0.2, 0) is 32.7 Å². The molecule has 0 spiro atoms.